The van der Waals surface area contributed by atoms with Crippen LogP contribution in [0.2, 0.25) is 0 Å². The molecule has 148 valence electrons. The molecule has 0 saturated heterocycles. The Kier molecular flexibility index (Phi) is 4.17. The highest BCUT2D eigenvalue weighted by Gasteiger charge is 2.36. The molecule has 0 radical (unpaired) electrons. The minimum absolute atomic E-state index is 0.115. The molecule has 1 aliphatic carbocycles. The summed E-state index contributed by atoms with van der Waals surface area (Å²) in [6.45, 7) is 5.35. The van der Waals surface area contributed by atoms with E-state index in [9.17, 15) is 0 Å². The molecular formula is C22H24N6S. The number of hydrogen-bond acceptors (Lipinski definition) is 7. The molecule has 0 aromatic carbocycles. The van der Waals surface area contributed by atoms with Gasteiger partial charge in [-0.05, 0) is 41.0 Å². The number of rotatable bonds is 4. The molecule has 1 aliphatic rings. The lowest BCUT2D eigenvalue weighted by Gasteiger charge is -2.22. The van der Waals surface area contributed by atoms with Gasteiger partial charge in [-0.1, -0.05) is 19.9 Å². The molecule has 0 fully saturated rings. The largest absolute Gasteiger partial charge is 0.365 e. The second-order valence-corrected chi connectivity index (χ2v) is 9.46. The minimum Gasteiger partial charge on any atom is -0.365 e. The summed E-state index contributed by atoms with van der Waals surface area (Å²) >= 11 is 1.68. The number of anilines is 2. The Hall–Kier alpha value is -2.80. The Labute approximate surface area is 174 Å². The molecule has 0 saturated carbocycles. The Bertz CT molecular complexity index is 1210. The number of hydrogen-bond donors (Lipinski definition) is 1. The molecule has 0 aliphatic heterocycles. The quantitative estimate of drug-likeness (QED) is 0.539. The maximum absolute atomic E-state index is 5.05. The number of fused-ring (bicyclic) bond motifs is 5. The highest BCUT2D eigenvalue weighted by atomic mass is 32.1. The van der Waals surface area contributed by atoms with E-state index in [1.807, 2.05) is 12.3 Å². The molecule has 1 N–H and O–H groups in total. The standard InChI is InChI=1S/C22H24N6S/c1-22(2)8-7-14-16(22)15-17-18(29-21(15)27-20(14)28(3)4)19(26-12-25-17)24-11-13-6-5-9-23-10-13/h5-6,9-10,12H,7-8,11H2,1-4H3,(H,24,25,26). The van der Waals surface area contributed by atoms with Crippen molar-refractivity contribution in [1.82, 2.24) is 19.9 Å². The number of nitrogens with zero attached hydrogens (tertiary/aromatic N) is 5. The van der Waals surface area contributed by atoms with Gasteiger partial charge in [-0.25, -0.2) is 15.0 Å². The molecule has 0 spiro atoms. The highest BCUT2D eigenvalue weighted by molar-refractivity contribution is 7.26. The Balaban J connectivity index is 1.70. The summed E-state index contributed by atoms with van der Waals surface area (Å²) in [7, 11) is 4.15. The van der Waals surface area contributed by atoms with Gasteiger partial charge < -0.3 is 10.2 Å². The topological polar surface area (TPSA) is 66.8 Å². The molecule has 0 bridgehead atoms. The lowest BCUT2D eigenvalue weighted by molar-refractivity contribution is 0.526. The van der Waals surface area contributed by atoms with Crippen molar-refractivity contribution < 1.29 is 0 Å². The highest BCUT2D eigenvalue weighted by Crippen LogP contribution is 2.49. The van der Waals surface area contributed by atoms with Crippen LogP contribution < -0.4 is 10.2 Å². The molecule has 0 amide bonds. The molecule has 4 aromatic heterocycles. The van der Waals surface area contributed by atoms with Crippen LogP contribution in [0.5, 0.6) is 0 Å². The predicted molar refractivity (Wildman–Crippen MR) is 120 cm³/mol. The molecule has 0 atom stereocenters. The SMILES string of the molecule is CN(C)c1nc2sc3c(NCc4cccnc4)ncnc3c2c2c1CCC2(C)C. The zero-order valence-corrected chi connectivity index (χ0v) is 18.0. The van der Waals surface area contributed by atoms with Crippen molar-refractivity contribution in [2.75, 3.05) is 24.3 Å². The van der Waals surface area contributed by atoms with E-state index >= 15 is 0 Å². The predicted octanol–water partition coefficient (Wildman–Crippen LogP) is 4.54. The third-order valence-electron chi connectivity index (χ3n) is 5.77. The summed E-state index contributed by atoms with van der Waals surface area (Å²) < 4.78 is 1.07. The van der Waals surface area contributed by atoms with Gasteiger partial charge in [0.1, 0.15) is 22.8 Å². The second-order valence-electron chi connectivity index (χ2n) is 8.46. The van der Waals surface area contributed by atoms with Crippen LogP contribution in [0.1, 0.15) is 37.0 Å². The third kappa shape index (κ3) is 2.92. The maximum Gasteiger partial charge on any atom is 0.147 e. The van der Waals surface area contributed by atoms with Crippen LogP contribution in [-0.4, -0.2) is 34.0 Å². The van der Waals surface area contributed by atoms with Gasteiger partial charge >= 0.3 is 0 Å². The van der Waals surface area contributed by atoms with E-state index in [-0.39, 0.29) is 5.41 Å². The van der Waals surface area contributed by atoms with Crippen LogP contribution in [-0.2, 0) is 18.4 Å². The van der Waals surface area contributed by atoms with Crippen LogP contribution in [0, 0.1) is 0 Å². The van der Waals surface area contributed by atoms with Crippen molar-refractivity contribution in [1.29, 1.82) is 0 Å². The van der Waals surface area contributed by atoms with Crippen molar-refractivity contribution in [2.45, 2.75) is 38.6 Å². The Morgan fingerprint density at radius 1 is 1.24 bits per heavy atom. The van der Waals surface area contributed by atoms with E-state index in [1.54, 1.807) is 23.9 Å². The van der Waals surface area contributed by atoms with Gasteiger partial charge in [0, 0.05) is 38.4 Å². The average molecular weight is 405 g/mol. The summed E-state index contributed by atoms with van der Waals surface area (Å²) in [6.07, 6.45) is 7.52. The number of nitrogens with one attached hydrogen (secondary N) is 1. The van der Waals surface area contributed by atoms with E-state index in [0.717, 1.165) is 45.1 Å². The molecule has 0 unspecified atom stereocenters. The smallest absolute Gasteiger partial charge is 0.147 e. The normalized spacial score (nSPS) is 15.0. The van der Waals surface area contributed by atoms with Crippen molar-refractivity contribution in [2.24, 2.45) is 0 Å². The van der Waals surface area contributed by atoms with Crippen LogP contribution in [0.3, 0.4) is 0 Å². The van der Waals surface area contributed by atoms with Gasteiger partial charge in [0.15, 0.2) is 0 Å². The van der Waals surface area contributed by atoms with Crippen molar-refractivity contribution in [3.63, 3.8) is 0 Å². The van der Waals surface area contributed by atoms with E-state index in [2.05, 4.69) is 54.2 Å². The van der Waals surface area contributed by atoms with Gasteiger partial charge in [0.05, 0.1) is 10.2 Å². The Morgan fingerprint density at radius 2 is 2.10 bits per heavy atom. The van der Waals surface area contributed by atoms with Crippen LogP contribution in [0.25, 0.3) is 20.4 Å². The van der Waals surface area contributed by atoms with Gasteiger partial charge in [0.25, 0.3) is 0 Å². The van der Waals surface area contributed by atoms with Crippen LogP contribution >= 0.6 is 11.3 Å². The van der Waals surface area contributed by atoms with E-state index < -0.39 is 0 Å². The summed E-state index contributed by atoms with van der Waals surface area (Å²) in [6, 6.07) is 4.01. The number of thiophene rings is 1. The average Bonchev–Trinajstić information content (AvgIpc) is 3.23. The summed E-state index contributed by atoms with van der Waals surface area (Å²) in [5.74, 6) is 1.94. The first kappa shape index (κ1) is 18.2. The van der Waals surface area contributed by atoms with E-state index in [4.69, 9.17) is 9.97 Å². The van der Waals surface area contributed by atoms with E-state index in [1.165, 1.54) is 16.5 Å². The lowest BCUT2D eigenvalue weighted by atomic mass is 9.85. The third-order valence-corrected chi connectivity index (χ3v) is 6.85. The summed E-state index contributed by atoms with van der Waals surface area (Å²) in [5, 5.41) is 4.68. The molecule has 6 nitrogen and oxygen atoms in total. The molecule has 7 heteroatoms. The van der Waals surface area contributed by atoms with E-state index in [0.29, 0.717) is 6.54 Å². The van der Waals surface area contributed by atoms with Gasteiger partial charge in [-0.15, -0.1) is 11.3 Å². The summed E-state index contributed by atoms with van der Waals surface area (Å²) in [4.78, 5) is 21.6. The van der Waals surface area contributed by atoms with Gasteiger partial charge in [-0.3, -0.25) is 4.98 Å². The molecular weight excluding hydrogens is 380 g/mol. The number of pyridine rings is 2. The molecule has 29 heavy (non-hydrogen) atoms. The van der Waals surface area contributed by atoms with Crippen molar-refractivity contribution in [3.05, 3.63) is 47.5 Å². The fourth-order valence-electron chi connectivity index (χ4n) is 4.36. The molecule has 4 aromatic rings. The maximum atomic E-state index is 5.05. The fraction of sp³-hybridized carbons (Fsp3) is 0.364. The monoisotopic (exact) mass is 404 g/mol. The second kappa shape index (κ2) is 6.62. The first-order chi connectivity index (χ1) is 14.0. The molecule has 5 rings (SSSR count). The zero-order valence-electron chi connectivity index (χ0n) is 17.2. The lowest BCUT2D eigenvalue weighted by Crippen LogP contribution is -2.16. The van der Waals surface area contributed by atoms with Crippen molar-refractivity contribution >= 4 is 43.4 Å². The van der Waals surface area contributed by atoms with Gasteiger partial charge in [0.2, 0.25) is 0 Å². The van der Waals surface area contributed by atoms with Crippen LogP contribution in [0.4, 0.5) is 11.6 Å². The summed E-state index contributed by atoms with van der Waals surface area (Å²) in [5.41, 5.74) is 5.03. The molecule has 4 heterocycles. The van der Waals surface area contributed by atoms with Gasteiger partial charge in [-0.2, -0.15) is 0 Å². The first-order valence-electron chi connectivity index (χ1n) is 9.86. The number of aromatic nitrogens is 4. The first-order valence-corrected chi connectivity index (χ1v) is 10.7. The fourth-order valence-corrected chi connectivity index (χ4v) is 5.46. The zero-order chi connectivity index (χ0) is 20.2. The van der Waals surface area contributed by atoms with Crippen molar-refractivity contribution in [3.8, 4) is 0 Å². The minimum atomic E-state index is 0.115. The van der Waals surface area contributed by atoms with Crippen LogP contribution in [0.15, 0.2) is 30.9 Å². The Morgan fingerprint density at radius 3 is 2.86 bits per heavy atom.